The summed E-state index contributed by atoms with van der Waals surface area (Å²) in [4.78, 5) is 15.4. The van der Waals surface area contributed by atoms with Crippen molar-refractivity contribution in [3.63, 3.8) is 0 Å². The summed E-state index contributed by atoms with van der Waals surface area (Å²) < 4.78 is 0. The Balaban J connectivity index is 3.63. The molecule has 13 heavy (non-hydrogen) atoms. The minimum atomic E-state index is 0.140. The SMILES string of the molecule is CCC(=O)C(C)CC=NCC(C)C. The van der Waals surface area contributed by atoms with Gasteiger partial charge < -0.3 is 0 Å². The first-order chi connectivity index (χ1) is 6.07. The lowest BCUT2D eigenvalue weighted by molar-refractivity contribution is -0.121. The molecule has 0 saturated heterocycles. The second kappa shape index (κ2) is 6.81. The van der Waals surface area contributed by atoms with Crippen molar-refractivity contribution in [3.05, 3.63) is 0 Å². The van der Waals surface area contributed by atoms with Crippen molar-refractivity contribution < 1.29 is 4.79 Å². The number of nitrogens with zero attached hydrogens (tertiary/aromatic N) is 1. The number of aliphatic imine (C=N–C) groups is 1. The van der Waals surface area contributed by atoms with E-state index in [1.165, 1.54) is 0 Å². The van der Waals surface area contributed by atoms with E-state index >= 15 is 0 Å². The second-order valence-electron chi connectivity index (χ2n) is 3.90. The minimum Gasteiger partial charge on any atom is -0.299 e. The van der Waals surface area contributed by atoms with E-state index in [9.17, 15) is 4.79 Å². The predicted octanol–water partition coefficient (Wildman–Crippen LogP) is 2.72. The Kier molecular flexibility index (Phi) is 6.47. The molecule has 0 rings (SSSR count). The zero-order valence-electron chi connectivity index (χ0n) is 9.21. The molecule has 0 fully saturated rings. The standard InChI is InChI=1S/C11H21NO/c1-5-11(13)10(4)6-7-12-8-9(2)3/h7,9-10H,5-6,8H2,1-4H3. The molecular weight excluding hydrogens is 162 g/mol. The maximum absolute atomic E-state index is 11.2. The Morgan fingerprint density at radius 2 is 2.00 bits per heavy atom. The Morgan fingerprint density at radius 1 is 1.38 bits per heavy atom. The fourth-order valence-corrected chi connectivity index (χ4v) is 0.998. The van der Waals surface area contributed by atoms with Crippen LogP contribution in [0.15, 0.2) is 4.99 Å². The van der Waals surface area contributed by atoms with Gasteiger partial charge in [-0.1, -0.05) is 27.7 Å². The molecular formula is C11H21NO. The number of Topliss-reactive ketones (excluding diaryl/α,β-unsaturated/α-hetero) is 1. The van der Waals surface area contributed by atoms with Gasteiger partial charge in [-0.25, -0.2) is 0 Å². The van der Waals surface area contributed by atoms with Crippen LogP contribution in [0, 0.1) is 11.8 Å². The molecule has 76 valence electrons. The summed E-state index contributed by atoms with van der Waals surface area (Å²) in [6, 6.07) is 0. The highest BCUT2D eigenvalue weighted by Crippen LogP contribution is 2.03. The summed E-state index contributed by atoms with van der Waals surface area (Å²) in [5, 5.41) is 0. The molecule has 0 aliphatic carbocycles. The van der Waals surface area contributed by atoms with E-state index in [-0.39, 0.29) is 5.92 Å². The summed E-state index contributed by atoms with van der Waals surface area (Å²) in [6.07, 6.45) is 3.32. The first-order valence-electron chi connectivity index (χ1n) is 5.08. The van der Waals surface area contributed by atoms with Gasteiger partial charge >= 0.3 is 0 Å². The lowest BCUT2D eigenvalue weighted by atomic mass is 10.0. The van der Waals surface area contributed by atoms with Crippen molar-refractivity contribution in [3.8, 4) is 0 Å². The van der Waals surface area contributed by atoms with Crippen LogP contribution in [-0.4, -0.2) is 18.5 Å². The maximum atomic E-state index is 11.2. The average Bonchev–Trinajstić information content (AvgIpc) is 2.10. The molecule has 2 heteroatoms. The molecule has 1 atom stereocenters. The van der Waals surface area contributed by atoms with Gasteiger partial charge in [0.25, 0.3) is 0 Å². The number of rotatable bonds is 6. The normalized spacial score (nSPS) is 13.9. The van der Waals surface area contributed by atoms with Gasteiger partial charge in [0.2, 0.25) is 0 Å². The van der Waals surface area contributed by atoms with Crippen molar-refractivity contribution in [2.45, 2.75) is 40.5 Å². The van der Waals surface area contributed by atoms with Gasteiger partial charge in [0.1, 0.15) is 5.78 Å². The summed E-state index contributed by atoms with van der Waals surface area (Å²) in [5.41, 5.74) is 0. The lowest BCUT2D eigenvalue weighted by Crippen LogP contribution is -2.09. The highest BCUT2D eigenvalue weighted by Gasteiger charge is 2.07. The van der Waals surface area contributed by atoms with Gasteiger partial charge in [-0.3, -0.25) is 9.79 Å². The summed E-state index contributed by atoms with van der Waals surface area (Å²) in [6.45, 7) is 9.01. The molecule has 0 aliphatic rings. The topological polar surface area (TPSA) is 29.4 Å². The molecule has 2 nitrogen and oxygen atoms in total. The van der Waals surface area contributed by atoms with Crippen LogP contribution in [0.1, 0.15) is 40.5 Å². The van der Waals surface area contributed by atoms with Gasteiger partial charge in [-0.2, -0.15) is 0 Å². The van der Waals surface area contributed by atoms with Crippen LogP contribution in [0.2, 0.25) is 0 Å². The third-order valence-corrected chi connectivity index (χ3v) is 1.96. The number of carbonyl (C=O) groups excluding carboxylic acids is 1. The molecule has 0 aromatic rings. The molecule has 0 heterocycles. The van der Waals surface area contributed by atoms with Gasteiger partial charge in [0.15, 0.2) is 0 Å². The summed E-state index contributed by atoms with van der Waals surface area (Å²) in [5.74, 6) is 1.07. The average molecular weight is 183 g/mol. The van der Waals surface area contributed by atoms with Crippen LogP contribution >= 0.6 is 0 Å². The summed E-state index contributed by atoms with van der Waals surface area (Å²) >= 11 is 0. The van der Waals surface area contributed by atoms with E-state index in [1.54, 1.807) is 0 Å². The van der Waals surface area contributed by atoms with Crippen LogP contribution in [-0.2, 0) is 4.79 Å². The van der Waals surface area contributed by atoms with Crippen molar-refractivity contribution >= 4 is 12.0 Å². The number of carbonyl (C=O) groups is 1. The predicted molar refractivity (Wildman–Crippen MR) is 57.3 cm³/mol. The Bertz CT molecular complexity index is 173. The number of hydrogen-bond acceptors (Lipinski definition) is 2. The quantitative estimate of drug-likeness (QED) is 0.582. The van der Waals surface area contributed by atoms with E-state index in [0.717, 1.165) is 13.0 Å². The molecule has 0 aliphatic heterocycles. The minimum absolute atomic E-state index is 0.140. The monoisotopic (exact) mass is 183 g/mol. The molecule has 0 aromatic heterocycles. The van der Waals surface area contributed by atoms with E-state index in [0.29, 0.717) is 18.1 Å². The van der Waals surface area contributed by atoms with Gasteiger partial charge in [0.05, 0.1) is 0 Å². The van der Waals surface area contributed by atoms with E-state index in [2.05, 4.69) is 18.8 Å². The molecule has 0 radical (unpaired) electrons. The first kappa shape index (κ1) is 12.3. The molecule has 0 bridgehead atoms. The van der Waals surface area contributed by atoms with Crippen LogP contribution in [0.4, 0.5) is 0 Å². The van der Waals surface area contributed by atoms with Gasteiger partial charge in [-0.05, 0) is 18.6 Å². The fourth-order valence-electron chi connectivity index (χ4n) is 0.998. The maximum Gasteiger partial charge on any atom is 0.135 e. The molecule has 0 aromatic carbocycles. The smallest absolute Gasteiger partial charge is 0.135 e. The lowest BCUT2D eigenvalue weighted by Gasteiger charge is -2.04. The van der Waals surface area contributed by atoms with E-state index in [1.807, 2.05) is 20.1 Å². The Labute approximate surface area is 81.4 Å². The van der Waals surface area contributed by atoms with E-state index < -0.39 is 0 Å². The van der Waals surface area contributed by atoms with Crippen molar-refractivity contribution in [2.24, 2.45) is 16.8 Å². The largest absolute Gasteiger partial charge is 0.299 e. The highest BCUT2D eigenvalue weighted by atomic mass is 16.1. The van der Waals surface area contributed by atoms with Crippen LogP contribution in [0.3, 0.4) is 0 Å². The van der Waals surface area contributed by atoms with Gasteiger partial charge in [-0.15, -0.1) is 0 Å². The van der Waals surface area contributed by atoms with Crippen LogP contribution in [0.5, 0.6) is 0 Å². The van der Waals surface area contributed by atoms with E-state index in [4.69, 9.17) is 0 Å². The molecule has 0 saturated carbocycles. The first-order valence-corrected chi connectivity index (χ1v) is 5.08. The van der Waals surface area contributed by atoms with Crippen LogP contribution in [0.25, 0.3) is 0 Å². The van der Waals surface area contributed by atoms with Crippen molar-refractivity contribution in [1.29, 1.82) is 0 Å². The van der Waals surface area contributed by atoms with Crippen molar-refractivity contribution in [2.75, 3.05) is 6.54 Å². The molecule has 0 spiro atoms. The van der Waals surface area contributed by atoms with Gasteiger partial charge in [0, 0.05) is 18.9 Å². The fraction of sp³-hybridized carbons (Fsp3) is 0.818. The third kappa shape index (κ3) is 6.50. The van der Waals surface area contributed by atoms with Crippen LogP contribution < -0.4 is 0 Å². The molecule has 0 N–H and O–H groups in total. The third-order valence-electron chi connectivity index (χ3n) is 1.96. The molecule has 1 unspecified atom stereocenters. The Hall–Kier alpha value is -0.660. The number of ketones is 1. The van der Waals surface area contributed by atoms with Crippen molar-refractivity contribution in [1.82, 2.24) is 0 Å². The summed E-state index contributed by atoms with van der Waals surface area (Å²) in [7, 11) is 0. The second-order valence-corrected chi connectivity index (χ2v) is 3.90. The Morgan fingerprint density at radius 3 is 2.46 bits per heavy atom. The molecule has 0 amide bonds. The zero-order valence-corrected chi connectivity index (χ0v) is 9.21. The zero-order chi connectivity index (χ0) is 10.3. The number of hydrogen-bond donors (Lipinski definition) is 0. The highest BCUT2D eigenvalue weighted by molar-refractivity contribution is 5.82.